The molecule has 0 radical (unpaired) electrons. The van der Waals surface area contributed by atoms with E-state index >= 15 is 0 Å². The van der Waals surface area contributed by atoms with E-state index in [-0.39, 0.29) is 5.56 Å². The monoisotopic (exact) mass is 310 g/mol. The van der Waals surface area contributed by atoms with Crippen LogP contribution in [0.1, 0.15) is 22.5 Å². The number of hydrogen-bond acceptors (Lipinski definition) is 3. The number of aromatic nitrogens is 2. The Morgan fingerprint density at radius 2 is 1.86 bits per heavy atom. The third-order valence-corrected chi connectivity index (χ3v) is 4.83. The fourth-order valence-corrected chi connectivity index (χ4v) is 3.29. The molecule has 2 aromatic heterocycles. The summed E-state index contributed by atoms with van der Waals surface area (Å²) in [7, 11) is 0. The number of aryl methyl sites for hydroxylation is 3. The molecule has 1 aromatic carbocycles. The average Bonchev–Trinajstić information content (AvgIpc) is 2.48. The summed E-state index contributed by atoms with van der Waals surface area (Å²) in [6, 6.07) is 13.8. The van der Waals surface area contributed by atoms with Crippen molar-refractivity contribution in [2.45, 2.75) is 31.4 Å². The van der Waals surface area contributed by atoms with Crippen molar-refractivity contribution in [1.29, 1.82) is 0 Å². The highest BCUT2D eigenvalue weighted by Gasteiger charge is 2.05. The lowest BCUT2D eigenvalue weighted by atomic mass is 10.1. The molecule has 0 aliphatic rings. The number of thioether (sulfide) groups is 1. The molecule has 0 unspecified atom stereocenters. The second kappa shape index (κ2) is 5.97. The fourth-order valence-electron chi connectivity index (χ4n) is 2.40. The van der Waals surface area contributed by atoms with Crippen LogP contribution >= 0.6 is 11.8 Å². The maximum atomic E-state index is 12.2. The summed E-state index contributed by atoms with van der Waals surface area (Å²) < 4.78 is 1.64. The van der Waals surface area contributed by atoms with Crippen LogP contribution in [0.5, 0.6) is 0 Å². The Balaban J connectivity index is 1.88. The lowest BCUT2D eigenvalue weighted by Gasteiger charge is -2.07. The first-order chi connectivity index (χ1) is 10.5. The van der Waals surface area contributed by atoms with Crippen molar-refractivity contribution >= 4 is 17.4 Å². The summed E-state index contributed by atoms with van der Waals surface area (Å²) in [5.74, 6) is 0.697. The molecule has 0 aliphatic carbocycles. The van der Waals surface area contributed by atoms with Gasteiger partial charge in [0.05, 0.1) is 5.69 Å². The van der Waals surface area contributed by atoms with Crippen molar-refractivity contribution in [3.63, 3.8) is 0 Å². The second-order valence-corrected chi connectivity index (χ2v) is 6.53. The first-order valence-corrected chi connectivity index (χ1v) is 8.21. The largest absolute Gasteiger partial charge is 0.269 e. The fraction of sp³-hybridized carbons (Fsp3) is 0.222. The van der Waals surface area contributed by atoms with Crippen LogP contribution in [-0.2, 0) is 5.75 Å². The summed E-state index contributed by atoms with van der Waals surface area (Å²) in [5.41, 5.74) is 5.00. The van der Waals surface area contributed by atoms with Gasteiger partial charge in [-0.25, -0.2) is 4.98 Å². The van der Waals surface area contributed by atoms with Crippen LogP contribution in [0.3, 0.4) is 0 Å². The highest BCUT2D eigenvalue weighted by atomic mass is 32.2. The van der Waals surface area contributed by atoms with Crippen LogP contribution in [-0.4, -0.2) is 9.38 Å². The van der Waals surface area contributed by atoms with E-state index in [0.29, 0.717) is 11.4 Å². The summed E-state index contributed by atoms with van der Waals surface area (Å²) in [5, 5.41) is 0. The SMILES string of the molecule is Cc1ccc(SCc2cc(=O)n3c(C)cccc3n2)cc1C. The predicted molar refractivity (Wildman–Crippen MR) is 91.7 cm³/mol. The number of fused-ring (bicyclic) bond motifs is 1. The van der Waals surface area contributed by atoms with Gasteiger partial charge in [0.15, 0.2) is 0 Å². The summed E-state index contributed by atoms with van der Waals surface area (Å²) in [6.45, 7) is 6.14. The van der Waals surface area contributed by atoms with Crippen molar-refractivity contribution in [2.24, 2.45) is 0 Å². The molecular formula is C18H18N2OS. The van der Waals surface area contributed by atoms with Crippen LogP contribution in [0.4, 0.5) is 0 Å². The molecule has 0 aliphatic heterocycles. The lowest BCUT2D eigenvalue weighted by Crippen LogP contribution is -2.17. The maximum absolute atomic E-state index is 12.2. The normalized spacial score (nSPS) is 11.0. The van der Waals surface area contributed by atoms with Gasteiger partial charge in [0, 0.05) is 22.4 Å². The van der Waals surface area contributed by atoms with Crippen molar-refractivity contribution in [1.82, 2.24) is 9.38 Å². The standard InChI is InChI=1S/C18H18N2OS/c1-12-7-8-16(9-13(12)2)22-11-15-10-18(21)20-14(3)5-4-6-17(20)19-15/h4-10H,11H2,1-3H3. The van der Waals surface area contributed by atoms with Gasteiger partial charge in [-0.3, -0.25) is 9.20 Å². The third-order valence-electron chi connectivity index (χ3n) is 3.80. The van der Waals surface area contributed by atoms with E-state index in [9.17, 15) is 4.79 Å². The zero-order valence-electron chi connectivity index (χ0n) is 13.0. The summed E-state index contributed by atoms with van der Waals surface area (Å²) in [6.07, 6.45) is 0. The van der Waals surface area contributed by atoms with E-state index < -0.39 is 0 Å². The van der Waals surface area contributed by atoms with Gasteiger partial charge in [0.1, 0.15) is 5.65 Å². The maximum Gasteiger partial charge on any atom is 0.258 e. The Morgan fingerprint density at radius 3 is 2.64 bits per heavy atom. The molecule has 2 heterocycles. The first-order valence-electron chi connectivity index (χ1n) is 7.23. The minimum Gasteiger partial charge on any atom is -0.269 e. The Bertz CT molecular complexity index is 899. The molecule has 0 bridgehead atoms. The van der Waals surface area contributed by atoms with Crippen LogP contribution in [0.25, 0.3) is 5.65 Å². The Hall–Kier alpha value is -2.07. The third kappa shape index (κ3) is 2.92. The molecule has 0 amide bonds. The molecule has 0 fully saturated rings. The van der Waals surface area contributed by atoms with E-state index in [1.54, 1.807) is 22.2 Å². The van der Waals surface area contributed by atoms with Gasteiger partial charge in [-0.2, -0.15) is 0 Å². The van der Waals surface area contributed by atoms with E-state index in [4.69, 9.17) is 0 Å². The molecule has 0 saturated carbocycles. The zero-order valence-corrected chi connectivity index (χ0v) is 13.8. The minimum atomic E-state index is -0.0150. The molecule has 3 aromatic rings. The molecule has 4 heteroatoms. The molecule has 0 atom stereocenters. The molecular weight excluding hydrogens is 292 g/mol. The van der Waals surface area contributed by atoms with Crippen molar-refractivity contribution in [2.75, 3.05) is 0 Å². The van der Waals surface area contributed by atoms with Gasteiger partial charge in [-0.1, -0.05) is 12.1 Å². The van der Waals surface area contributed by atoms with Crippen LogP contribution < -0.4 is 5.56 Å². The van der Waals surface area contributed by atoms with Crippen LogP contribution in [0, 0.1) is 20.8 Å². The number of benzene rings is 1. The molecule has 0 saturated heterocycles. The molecule has 3 rings (SSSR count). The number of nitrogens with zero attached hydrogens (tertiary/aromatic N) is 2. The highest BCUT2D eigenvalue weighted by molar-refractivity contribution is 7.98. The van der Waals surface area contributed by atoms with E-state index in [1.165, 1.54) is 16.0 Å². The van der Waals surface area contributed by atoms with Gasteiger partial charge < -0.3 is 0 Å². The highest BCUT2D eigenvalue weighted by Crippen LogP contribution is 2.24. The van der Waals surface area contributed by atoms with Gasteiger partial charge in [0.25, 0.3) is 5.56 Å². The predicted octanol–water partition coefficient (Wildman–Crippen LogP) is 3.91. The topological polar surface area (TPSA) is 34.4 Å². The number of pyridine rings is 1. The number of hydrogen-bond donors (Lipinski definition) is 0. The zero-order chi connectivity index (χ0) is 15.7. The average molecular weight is 310 g/mol. The van der Waals surface area contributed by atoms with Crippen molar-refractivity contribution in [3.8, 4) is 0 Å². The van der Waals surface area contributed by atoms with E-state index in [0.717, 1.165) is 11.4 Å². The number of rotatable bonds is 3. The molecule has 0 spiro atoms. The second-order valence-electron chi connectivity index (χ2n) is 5.48. The van der Waals surface area contributed by atoms with Gasteiger partial charge in [-0.15, -0.1) is 11.8 Å². The summed E-state index contributed by atoms with van der Waals surface area (Å²) >= 11 is 1.71. The van der Waals surface area contributed by atoms with E-state index in [1.807, 2.05) is 25.1 Å². The van der Waals surface area contributed by atoms with Crippen molar-refractivity contribution in [3.05, 3.63) is 75.3 Å². The summed E-state index contributed by atoms with van der Waals surface area (Å²) in [4.78, 5) is 18.0. The van der Waals surface area contributed by atoms with E-state index in [2.05, 4.69) is 37.0 Å². The first kappa shape index (κ1) is 14.9. The smallest absolute Gasteiger partial charge is 0.258 e. The Labute approximate surface area is 134 Å². The quantitative estimate of drug-likeness (QED) is 0.688. The minimum absolute atomic E-state index is 0.0150. The molecule has 0 N–H and O–H groups in total. The lowest BCUT2D eigenvalue weighted by molar-refractivity contribution is 0.968. The van der Waals surface area contributed by atoms with Crippen molar-refractivity contribution < 1.29 is 0 Å². The van der Waals surface area contributed by atoms with Gasteiger partial charge >= 0.3 is 0 Å². The Morgan fingerprint density at radius 1 is 1.05 bits per heavy atom. The van der Waals surface area contributed by atoms with Crippen LogP contribution in [0.15, 0.2) is 52.2 Å². The molecule has 22 heavy (non-hydrogen) atoms. The molecule has 3 nitrogen and oxygen atoms in total. The van der Waals surface area contributed by atoms with Crippen LogP contribution in [0.2, 0.25) is 0 Å². The molecule has 112 valence electrons. The van der Waals surface area contributed by atoms with Gasteiger partial charge in [0.2, 0.25) is 0 Å². The van der Waals surface area contributed by atoms with Gasteiger partial charge in [-0.05, 0) is 56.2 Å². The Kier molecular flexibility index (Phi) is 4.03.